The number of benzene rings is 1. The number of sulfonamides is 1. The van der Waals surface area contributed by atoms with Crippen LogP contribution in [-0.4, -0.2) is 32.7 Å². The molecule has 1 N–H and O–H groups in total. The summed E-state index contributed by atoms with van der Waals surface area (Å²) in [6.45, 7) is 0.446. The zero-order chi connectivity index (χ0) is 17.3. The second-order valence-corrected chi connectivity index (χ2v) is 9.50. The summed E-state index contributed by atoms with van der Waals surface area (Å²) < 4.78 is 25.2. The summed E-state index contributed by atoms with van der Waals surface area (Å²) >= 11 is 0. The molecule has 5 nitrogen and oxygen atoms in total. The molecule has 0 radical (unpaired) electrons. The number of hydrogen-bond acceptors (Lipinski definition) is 3. The summed E-state index contributed by atoms with van der Waals surface area (Å²) in [6, 6.07) is 6.70. The van der Waals surface area contributed by atoms with Gasteiger partial charge in [-0.25, -0.2) is 12.7 Å². The molecule has 0 spiro atoms. The maximum absolute atomic E-state index is 12.2. The summed E-state index contributed by atoms with van der Waals surface area (Å²) in [6.07, 6.45) is 5.82. The van der Waals surface area contributed by atoms with E-state index in [2.05, 4.69) is 5.32 Å². The zero-order valence-electron chi connectivity index (χ0n) is 14.4. The molecule has 2 bridgehead atoms. The lowest BCUT2D eigenvalue weighted by Crippen LogP contribution is -2.27. The van der Waals surface area contributed by atoms with Crippen LogP contribution in [0.25, 0.3) is 0 Å². The number of rotatable bonds is 6. The Bertz CT molecular complexity index is 697. The molecular formula is C18H26N2O3S. The Labute approximate surface area is 144 Å². The highest BCUT2D eigenvalue weighted by Crippen LogP contribution is 2.49. The van der Waals surface area contributed by atoms with Crippen molar-refractivity contribution < 1.29 is 13.2 Å². The number of carbonyl (C=O) groups excluding carboxylic acids is 1. The molecule has 0 heterocycles. The first-order valence-electron chi connectivity index (χ1n) is 8.64. The van der Waals surface area contributed by atoms with Gasteiger partial charge in [-0.3, -0.25) is 4.79 Å². The largest absolute Gasteiger partial charge is 0.352 e. The quantitative estimate of drug-likeness (QED) is 0.856. The van der Waals surface area contributed by atoms with Crippen LogP contribution in [0.5, 0.6) is 0 Å². The van der Waals surface area contributed by atoms with Crippen molar-refractivity contribution in [3.63, 3.8) is 0 Å². The minimum atomic E-state index is -3.40. The summed E-state index contributed by atoms with van der Waals surface area (Å²) in [4.78, 5) is 12.4. The molecule has 1 aromatic carbocycles. The van der Waals surface area contributed by atoms with Crippen LogP contribution in [0.3, 0.4) is 0 Å². The Kier molecular flexibility index (Phi) is 4.97. The lowest BCUT2D eigenvalue weighted by Gasteiger charge is -2.20. The van der Waals surface area contributed by atoms with Crippen LogP contribution in [0, 0.1) is 17.8 Å². The molecule has 3 atom stereocenters. The van der Waals surface area contributed by atoms with Crippen molar-refractivity contribution in [1.29, 1.82) is 0 Å². The lowest BCUT2D eigenvalue weighted by atomic mass is 9.86. The topological polar surface area (TPSA) is 66.5 Å². The van der Waals surface area contributed by atoms with E-state index in [0.717, 1.165) is 17.4 Å². The Morgan fingerprint density at radius 1 is 1.17 bits per heavy atom. The third-order valence-electron chi connectivity index (χ3n) is 5.52. The number of fused-ring (bicyclic) bond motifs is 2. The molecule has 132 valence electrons. The molecule has 1 aromatic rings. The van der Waals surface area contributed by atoms with E-state index in [4.69, 9.17) is 0 Å². The van der Waals surface area contributed by atoms with Gasteiger partial charge in [-0.15, -0.1) is 0 Å². The molecular weight excluding hydrogens is 324 g/mol. The van der Waals surface area contributed by atoms with Gasteiger partial charge in [-0.05, 0) is 54.7 Å². The normalized spacial score (nSPS) is 26.0. The molecule has 2 saturated carbocycles. The first-order valence-corrected chi connectivity index (χ1v) is 10.1. The van der Waals surface area contributed by atoms with E-state index in [0.29, 0.717) is 18.9 Å². The Balaban J connectivity index is 1.50. The third-order valence-corrected chi connectivity index (χ3v) is 7.35. The molecule has 24 heavy (non-hydrogen) atoms. The molecule has 1 amide bonds. The summed E-state index contributed by atoms with van der Waals surface area (Å²) in [7, 11) is -0.374. The van der Waals surface area contributed by atoms with E-state index in [-0.39, 0.29) is 10.8 Å². The number of amides is 1. The minimum Gasteiger partial charge on any atom is -0.352 e. The van der Waals surface area contributed by atoms with Crippen LogP contribution in [0.4, 0.5) is 0 Å². The van der Waals surface area contributed by atoms with Crippen molar-refractivity contribution in [2.75, 3.05) is 14.1 Å². The molecule has 3 unspecified atom stereocenters. The van der Waals surface area contributed by atoms with Gasteiger partial charge in [0.25, 0.3) is 0 Å². The first-order chi connectivity index (χ1) is 11.4. The molecule has 6 heteroatoms. The van der Waals surface area contributed by atoms with Gasteiger partial charge in [0.2, 0.25) is 15.9 Å². The predicted octanol–water partition coefficient (Wildman–Crippen LogP) is 2.38. The van der Waals surface area contributed by atoms with Gasteiger partial charge in [-0.2, -0.15) is 0 Å². The van der Waals surface area contributed by atoms with Crippen LogP contribution in [-0.2, 0) is 21.4 Å². The Morgan fingerprint density at radius 3 is 2.42 bits per heavy atom. The summed E-state index contributed by atoms with van der Waals surface area (Å²) in [5.41, 5.74) is 0.911. The fraction of sp³-hybridized carbons (Fsp3) is 0.611. The van der Waals surface area contributed by atoms with Gasteiger partial charge >= 0.3 is 0 Å². The maximum Gasteiger partial charge on any atom is 0.242 e. The fourth-order valence-corrected chi connectivity index (χ4v) is 5.03. The van der Waals surface area contributed by atoms with Crippen molar-refractivity contribution >= 4 is 15.9 Å². The average Bonchev–Trinajstić information content (AvgIpc) is 3.16. The average molecular weight is 350 g/mol. The first kappa shape index (κ1) is 17.4. The third kappa shape index (κ3) is 3.64. The van der Waals surface area contributed by atoms with E-state index in [9.17, 15) is 13.2 Å². The number of nitrogens with zero attached hydrogens (tertiary/aromatic N) is 1. The summed E-state index contributed by atoms with van der Waals surface area (Å²) in [5, 5.41) is 2.97. The van der Waals surface area contributed by atoms with Gasteiger partial charge in [0, 0.05) is 27.1 Å². The van der Waals surface area contributed by atoms with Crippen molar-refractivity contribution in [2.24, 2.45) is 17.8 Å². The van der Waals surface area contributed by atoms with Crippen molar-refractivity contribution in [3.8, 4) is 0 Å². The van der Waals surface area contributed by atoms with Crippen LogP contribution in [0.1, 0.15) is 37.7 Å². The highest BCUT2D eigenvalue weighted by molar-refractivity contribution is 7.89. The van der Waals surface area contributed by atoms with Crippen molar-refractivity contribution in [3.05, 3.63) is 29.8 Å². The number of carbonyl (C=O) groups is 1. The molecule has 0 saturated heterocycles. The van der Waals surface area contributed by atoms with Gasteiger partial charge in [0.15, 0.2) is 0 Å². The van der Waals surface area contributed by atoms with Crippen LogP contribution in [0.15, 0.2) is 29.2 Å². The SMILES string of the molecule is CN(C)S(=O)(=O)c1ccc(CNC(=O)CC2CC3CCC2C3)cc1. The molecule has 2 aliphatic rings. The van der Waals surface area contributed by atoms with E-state index in [1.165, 1.54) is 44.1 Å². The number of nitrogens with one attached hydrogen (secondary N) is 1. The highest BCUT2D eigenvalue weighted by atomic mass is 32.2. The second-order valence-electron chi connectivity index (χ2n) is 7.35. The van der Waals surface area contributed by atoms with E-state index in [1.807, 2.05) is 0 Å². The van der Waals surface area contributed by atoms with Gasteiger partial charge in [0.05, 0.1) is 4.90 Å². The Hall–Kier alpha value is -1.40. The predicted molar refractivity (Wildman–Crippen MR) is 92.7 cm³/mol. The maximum atomic E-state index is 12.2. The van der Waals surface area contributed by atoms with Gasteiger partial charge in [-0.1, -0.05) is 18.6 Å². The van der Waals surface area contributed by atoms with Crippen LogP contribution < -0.4 is 5.32 Å². The smallest absolute Gasteiger partial charge is 0.242 e. The molecule has 3 rings (SSSR count). The van der Waals surface area contributed by atoms with E-state index in [1.54, 1.807) is 24.3 Å². The van der Waals surface area contributed by atoms with Crippen molar-refractivity contribution in [1.82, 2.24) is 9.62 Å². The lowest BCUT2D eigenvalue weighted by molar-refractivity contribution is -0.122. The molecule has 2 fully saturated rings. The zero-order valence-corrected chi connectivity index (χ0v) is 15.2. The monoisotopic (exact) mass is 350 g/mol. The highest BCUT2D eigenvalue weighted by Gasteiger charge is 2.39. The van der Waals surface area contributed by atoms with E-state index < -0.39 is 10.0 Å². The van der Waals surface area contributed by atoms with Crippen molar-refractivity contribution in [2.45, 2.75) is 43.5 Å². The number of hydrogen-bond donors (Lipinski definition) is 1. The standard InChI is InChI=1S/C18H26N2O3S/c1-20(2)24(22,23)17-7-4-13(5-8-17)12-19-18(21)11-16-10-14-3-6-15(16)9-14/h4-5,7-8,14-16H,3,6,9-12H2,1-2H3,(H,19,21). The molecule has 2 aliphatic carbocycles. The van der Waals surface area contributed by atoms with Crippen LogP contribution >= 0.6 is 0 Å². The summed E-state index contributed by atoms with van der Waals surface area (Å²) in [5.74, 6) is 2.30. The van der Waals surface area contributed by atoms with Gasteiger partial charge < -0.3 is 5.32 Å². The minimum absolute atomic E-state index is 0.109. The van der Waals surface area contributed by atoms with E-state index >= 15 is 0 Å². The molecule has 0 aliphatic heterocycles. The Morgan fingerprint density at radius 2 is 1.88 bits per heavy atom. The van der Waals surface area contributed by atoms with Crippen LogP contribution in [0.2, 0.25) is 0 Å². The second kappa shape index (κ2) is 6.84. The van der Waals surface area contributed by atoms with Gasteiger partial charge in [0.1, 0.15) is 0 Å². The fourth-order valence-electron chi connectivity index (χ4n) is 4.13. The molecule has 0 aromatic heterocycles.